The van der Waals surface area contributed by atoms with E-state index in [1.165, 1.54) is 23.1 Å². The van der Waals surface area contributed by atoms with Crippen LogP contribution in [0.4, 0.5) is 15.6 Å². The molecule has 0 radical (unpaired) electrons. The lowest BCUT2D eigenvalue weighted by molar-refractivity contribution is -0.119. The molecular formula is C12H12ClN5O2S2. The van der Waals surface area contributed by atoms with E-state index in [1.54, 1.807) is 19.1 Å². The highest BCUT2D eigenvalue weighted by Crippen LogP contribution is 2.30. The minimum absolute atomic E-state index is 0.475. The maximum absolute atomic E-state index is 11.6. The van der Waals surface area contributed by atoms with Gasteiger partial charge in [-0.05, 0) is 25.1 Å². The van der Waals surface area contributed by atoms with Crippen molar-refractivity contribution in [3.63, 3.8) is 0 Å². The van der Waals surface area contributed by atoms with Crippen LogP contribution in [0.25, 0.3) is 0 Å². The number of carbonyl (C=O) groups is 2. The second kappa shape index (κ2) is 7.43. The highest BCUT2D eigenvalue weighted by atomic mass is 35.5. The number of anilines is 2. The number of halogens is 1. The summed E-state index contributed by atoms with van der Waals surface area (Å²) in [6.45, 7) is 1.65. The van der Waals surface area contributed by atoms with Crippen LogP contribution in [0, 0.1) is 0 Å². The van der Waals surface area contributed by atoms with Crippen LogP contribution < -0.4 is 16.4 Å². The number of urea groups is 1. The van der Waals surface area contributed by atoms with Gasteiger partial charge in [0.25, 0.3) is 0 Å². The molecule has 0 bridgehead atoms. The van der Waals surface area contributed by atoms with Gasteiger partial charge in [-0.25, -0.2) is 4.79 Å². The number of rotatable bonds is 5. The molecule has 1 heterocycles. The summed E-state index contributed by atoms with van der Waals surface area (Å²) in [6, 6.07) is 6.32. The van der Waals surface area contributed by atoms with Gasteiger partial charge in [-0.1, -0.05) is 40.8 Å². The van der Waals surface area contributed by atoms with Gasteiger partial charge in [0.15, 0.2) is 4.34 Å². The van der Waals surface area contributed by atoms with E-state index in [1.807, 2.05) is 17.4 Å². The molecule has 1 aromatic carbocycles. The Labute approximate surface area is 139 Å². The lowest BCUT2D eigenvalue weighted by Crippen LogP contribution is -2.39. The number of carbonyl (C=O) groups excluding carboxylic acids is 2. The second-order valence-corrected chi connectivity index (χ2v) is 7.12. The molecule has 0 aliphatic carbocycles. The van der Waals surface area contributed by atoms with Crippen LogP contribution in [0.15, 0.2) is 28.6 Å². The number of thioether (sulfide) groups is 1. The summed E-state index contributed by atoms with van der Waals surface area (Å²) in [5, 5.41) is 13.7. The normalized spacial score (nSPS) is 11.7. The molecule has 116 valence electrons. The van der Waals surface area contributed by atoms with Gasteiger partial charge in [0.1, 0.15) is 0 Å². The van der Waals surface area contributed by atoms with E-state index < -0.39 is 17.2 Å². The SMILES string of the molecule is C[C@H](Sc1nnc(Nc2cccc(Cl)c2)s1)C(=O)NC(N)=O. The van der Waals surface area contributed by atoms with Crippen molar-refractivity contribution < 1.29 is 9.59 Å². The highest BCUT2D eigenvalue weighted by Gasteiger charge is 2.18. The van der Waals surface area contributed by atoms with E-state index in [2.05, 4.69) is 15.5 Å². The molecule has 0 unspecified atom stereocenters. The lowest BCUT2D eigenvalue weighted by atomic mass is 10.3. The Bertz CT molecular complexity index is 694. The molecule has 2 rings (SSSR count). The number of imide groups is 1. The van der Waals surface area contributed by atoms with Crippen molar-refractivity contribution in [2.45, 2.75) is 16.5 Å². The fourth-order valence-corrected chi connectivity index (χ4v) is 3.53. The van der Waals surface area contributed by atoms with E-state index in [4.69, 9.17) is 17.3 Å². The zero-order valence-electron chi connectivity index (χ0n) is 11.4. The standard InChI is InChI=1S/C12H12ClN5O2S2/c1-6(9(19)16-10(14)20)21-12-18-17-11(22-12)15-8-4-2-3-7(13)5-8/h2-6H,1H3,(H,15,17)(H3,14,16,19,20)/t6-/m0/s1. The molecule has 0 aliphatic rings. The zero-order chi connectivity index (χ0) is 16.1. The largest absolute Gasteiger partial charge is 0.351 e. The van der Waals surface area contributed by atoms with Crippen LogP contribution in [0.3, 0.4) is 0 Å². The summed E-state index contributed by atoms with van der Waals surface area (Å²) in [5.41, 5.74) is 5.69. The number of hydrogen-bond donors (Lipinski definition) is 3. The maximum atomic E-state index is 11.6. The molecule has 1 atom stereocenters. The third kappa shape index (κ3) is 4.86. The minimum atomic E-state index is -0.877. The summed E-state index contributed by atoms with van der Waals surface area (Å²) < 4.78 is 0.594. The average molecular weight is 358 g/mol. The number of hydrogen-bond acceptors (Lipinski definition) is 7. The van der Waals surface area contributed by atoms with Crippen molar-refractivity contribution in [2.75, 3.05) is 5.32 Å². The van der Waals surface area contributed by atoms with Crippen molar-refractivity contribution in [1.29, 1.82) is 0 Å². The van der Waals surface area contributed by atoms with Crippen molar-refractivity contribution in [3.8, 4) is 0 Å². The van der Waals surface area contributed by atoms with E-state index in [-0.39, 0.29) is 0 Å². The molecule has 4 N–H and O–H groups in total. The smallest absolute Gasteiger partial charge is 0.318 e. The first-order valence-electron chi connectivity index (χ1n) is 6.07. The van der Waals surface area contributed by atoms with Gasteiger partial charge < -0.3 is 11.1 Å². The van der Waals surface area contributed by atoms with Gasteiger partial charge in [-0.15, -0.1) is 10.2 Å². The molecule has 2 aromatic rings. The first-order valence-corrected chi connectivity index (χ1v) is 8.14. The molecule has 22 heavy (non-hydrogen) atoms. The third-order valence-corrected chi connectivity index (χ3v) is 4.63. The summed E-state index contributed by atoms with van der Waals surface area (Å²) in [4.78, 5) is 22.2. The molecule has 10 heteroatoms. The van der Waals surface area contributed by atoms with Crippen LogP contribution in [0.5, 0.6) is 0 Å². The number of nitrogens with one attached hydrogen (secondary N) is 2. The molecule has 7 nitrogen and oxygen atoms in total. The Kier molecular flexibility index (Phi) is 5.58. The lowest BCUT2D eigenvalue weighted by Gasteiger charge is -2.06. The fraction of sp³-hybridized carbons (Fsp3) is 0.167. The Morgan fingerprint density at radius 3 is 2.86 bits per heavy atom. The van der Waals surface area contributed by atoms with Crippen LogP contribution in [-0.2, 0) is 4.79 Å². The first-order chi connectivity index (χ1) is 10.4. The summed E-state index contributed by atoms with van der Waals surface area (Å²) >= 11 is 8.38. The predicted molar refractivity (Wildman–Crippen MR) is 87.7 cm³/mol. The highest BCUT2D eigenvalue weighted by molar-refractivity contribution is 8.02. The van der Waals surface area contributed by atoms with Gasteiger partial charge in [0, 0.05) is 10.7 Å². The Hall–Kier alpha value is -1.84. The average Bonchev–Trinajstić information content (AvgIpc) is 2.85. The number of benzene rings is 1. The molecule has 1 aromatic heterocycles. The monoisotopic (exact) mass is 357 g/mol. The van der Waals surface area contributed by atoms with Crippen LogP contribution in [-0.4, -0.2) is 27.4 Å². The van der Waals surface area contributed by atoms with E-state index in [9.17, 15) is 9.59 Å². The molecule has 0 aliphatic heterocycles. The molecule has 0 fully saturated rings. The van der Waals surface area contributed by atoms with Crippen LogP contribution in [0.2, 0.25) is 5.02 Å². The topological polar surface area (TPSA) is 110 Å². The molecular weight excluding hydrogens is 346 g/mol. The van der Waals surface area contributed by atoms with Gasteiger partial charge in [0.2, 0.25) is 11.0 Å². The van der Waals surface area contributed by atoms with Crippen LogP contribution >= 0.6 is 34.7 Å². The number of nitrogens with two attached hydrogens (primary N) is 1. The molecule has 0 spiro atoms. The van der Waals surface area contributed by atoms with Crippen molar-refractivity contribution in [1.82, 2.24) is 15.5 Å². The van der Waals surface area contributed by atoms with E-state index in [0.717, 1.165) is 5.69 Å². The Balaban J connectivity index is 1.96. The number of primary amides is 1. The quantitative estimate of drug-likeness (QED) is 0.709. The minimum Gasteiger partial charge on any atom is -0.351 e. The summed E-state index contributed by atoms with van der Waals surface area (Å²) in [5.74, 6) is -0.475. The van der Waals surface area contributed by atoms with Crippen molar-refractivity contribution in [3.05, 3.63) is 29.3 Å². The molecule has 0 saturated carbocycles. The van der Waals surface area contributed by atoms with E-state index >= 15 is 0 Å². The van der Waals surface area contributed by atoms with Gasteiger partial charge in [0.05, 0.1) is 5.25 Å². The maximum Gasteiger partial charge on any atom is 0.318 e. The Morgan fingerprint density at radius 2 is 2.18 bits per heavy atom. The fourth-order valence-electron chi connectivity index (χ4n) is 1.43. The van der Waals surface area contributed by atoms with Gasteiger partial charge in [-0.2, -0.15) is 0 Å². The van der Waals surface area contributed by atoms with Crippen LogP contribution in [0.1, 0.15) is 6.92 Å². The second-order valence-electron chi connectivity index (χ2n) is 4.12. The summed E-state index contributed by atoms with van der Waals surface area (Å²) in [6.07, 6.45) is 0. The Morgan fingerprint density at radius 1 is 1.41 bits per heavy atom. The molecule has 0 saturated heterocycles. The molecule has 3 amide bonds. The number of nitrogens with zero attached hydrogens (tertiary/aromatic N) is 2. The van der Waals surface area contributed by atoms with Crippen molar-refractivity contribution in [2.24, 2.45) is 5.73 Å². The number of amides is 3. The predicted octanol–water partition coefficient (Wildman–Crippen LogP) is 2.61. The van der Waals surface area contributed by atoms with Gasteiger partial charge >= 0.3 is 6.03 Å². The van der Waals surface area contributed by atoms with E-state index in [0.29, 0.717) is 14.5 Å². The van der Waals surface area contributed by atoms with Gasteiger partial charge in [-0.3, -0.25) is 10.1 Å². The van der Waals surface area contributed by atoms with Crippen molar-refractivity contribution >= 4 is 57.5 Å². The zero-order valence-corrected chi connectivity index (χ0v) is 13.8. The first kappa shape index (κ1) is 16.5. The number of aromatic nitrogens is 2. The third-order valence-electron chi connectivity index (χ3n) is 2.38. The summed E-state index contributed by atoms with van der Waals surface area (Å²) in [7, 11) is 0.